The van der Waals surface area contributed by atoms with Crippen LogP contribution in [0.4, 0.5) is 34.1 Å². The third kappa shape index (κ3) is 5.87. The average molecular weight is 548 g/mol. The van der Waals surface area contributed by atoms with Gasteiger partial charge < -0.3 is 15.5 Å². The Hall–Kier alpha value is -5.02. The minimum atomic E-state index is 0.513. The summed E-state index contributed by atoms with van der Waals surface area (Å²) in [6.07, 6.45) is 5.83. The van der Waals surface area contributed by atoms with E-state index in [-0.39, 0.29) is 0 Å². The molecule has 0 aromatic heterocycles. The van der Waals surface area contributed by atoms with Crippen LogP contribution in [0.2, 0.25) is 0 Å². The zero-order chi connectivity index (χ0) is 29.1. The zero-order valence-corrected chi connectivity index (χ0v) is 24.5. The maximum atomic E-state index is 5.98. The molecule has 5 aromatic carbocycles. The third-order valence-electron chi connectivity index (χ3n) is 7.76. The minimum absolute atomic E-state index is 0.513. The van der Waals surface area contributed by atoms with E-state index in [2.05, 4.69) is 152 Å². The van der Waals surface area contributed by atoms with Crippen molar-refractivity contribution in [1.29, 1.82) is 0 Å². The van der Waals surface area contributed by atoms with Crippen LogP contribution in [-0.4, -0.2) is 0 Å². The van der Waals surface area contributed by atoms with E-state index >= 15 is 0 Å². The molecule has 0 amide bonds. The van der Waals surface area contributed by atoms with Crippen LogP contribution in [-0.2, 0) is 0 Å². The quantitative estimate of drug-likeness (QED) is 0.206. The molecule has 2 N–H and O–H groups in total. The fourth-order valence-corrected chi connectivity index (χ4v) is 5.82. The molecule has 1 unspecified atom stereocenters. The molecule has 3 heteroatoms. The van der Waals surface area contributed by atoms with E-state index in [1.54, 1.807) is 0 Å². The van der Waals surface area contributed by atoms with Gasteiger partial charge in [0.1, 0.15) is 0 Å². The van der Waals surface area contributed by atoms with E-state index in [1.807, 2.05) is 18.2 Å². The van der Waals surface area contributed by atoms with Crippen LogP contribution >= 0.6 is 0 Å². The molecule has 0 heterocycles. The lowest BCUT2D eigenvalue weighted by Crippen LogP contribution is -2.18. The summed E-state index contributed by atoms with van der Waals surface area (Å²) in [6.45, 7) is 6.68. The van der Waals surface area contributed by atoms with E-state index in [9.17, 15) is 0 Å². The Kier molecular flexibility index (Phi) is 7.66. The van der Waals surface area contributed by atoms with Gasteiger partial charge >= 0.3 is 0 Å². The maximum Gasteiger partial charge on any atom is 0.0464 e. The molecule has 0 saturated heterocycles. The maximum absolute atomic E-state index is 5.98. The van der Waals surface area contributed by atoms with Crippen molar-refractivity contribution in [3.63, 3.8) is 0 Å². The van der Waals surface area contributed by atoms with Crippen LogP contribution in [0.15, 0.2) is 151 Å². The second-order valence-electron chi connectivity index (χ2n) is 11.3. The highest BCUT2D eigenvalue weighted by Gasteiger charge is 2.18. The van der Waals surface area contributed by atoms with Gasteiger partial charge in [-0.1, -0.05) is 73.2 Å². The number of nitrogen functional groups attached to an aromatic ring is 1. The zero-order valence-electron chi connectivity index (χ0n) is 24.5. The molecule has 1 aliphatic rings. The van der Waals surface area contributed by atoms with Crippen LogP contribution in [0.1, 0.15) is 25.8 Å². The smallest absolute Gasteiger partial charge is 0.0464 e. The van der Waals surface area contributed by atoms with Crippen molar-refractivity contribution in [3.05, 3.63) is 156 Å². The Morgan fingerprint density at radius 2 is 1.10 bits per heavy atom. The first kappa shape index (κ1) is 27.2. The molecule has 0 aliphatic heterocycles. The van der Waals surface area contributed by atoms with Crippen molar-refractivity contribution >= 4 is 34.1 Å². The first-order valence-electron chi connectivity index (χ1n) is 14.6. The summed E-state index contributed by atoms with van der Waals surface area (Å²) in [4.78, 5) is 4.63. The van der Waals surface area contributed by atoms with Crippen molar-refractivity contribution in [1.82, 2.24) is 0 Å². The van der Waals surface area contributed by atoms with Gasteiger partial charge in [-0.15, -0.1) is 0 Å². The van der Waals surface area contributed by atoms with Gasteiger partial charge in [-0.05, 0) is 122 Å². The normalized spacial score (nSPS) is 14.6. The van der Waals surface area contributed by atoms with E-state index < -0.39 is 0 Å². The van der Waals surface area contributed by atoms with Crippen LogP contribution in [0.3, 0.4) is 0 Å². The number of benzene rings is 5. The van der Waals surface area contributed by atoms with E-state index in [4.69, 9.17) is 5.73 Å². The van der Waals surface area contributed by atoms with Gasteiger partial charge in [0, 0.05) is 39.8 Å². The van der Waals surface area contributed by atoms with Crippen molar-refractivity contribution < 1.29 is 0 Å². The number of para-hydroxylation sites is 1. The topological polar surface area (TPSA) is 32.5 Å². The lowest BCUT2D eigenvalue weighted by molar-refractivity contribution is 0.697. The van der Waals surface area contributed by atoms with Gasteiger partial charge in [-0.3, -0.25) is 0 Å². The summed E-state index contributed by atoms with van der Waals surface area (Å²) in [5, 5.41) is 0. The van der Waals surface area contributed by atoms with Gasteiger partial charge in [0.15, 0.2) is 0 Å². The Labute approximate surface area is 249 Å². The Morgan fingerprint density at radius 1 is 0.571 bits per heavy atom. The molecule has 208 valence electrons. The van der Waals surface area contributed by atoms with Crippen molar-refractivity contribution in [3.8, 4) is 11.1 Å². The second-order valence-corrected chi connectivity index (χ2v) is 11.3. The largest absolute Gasteiger partial charge is 0.399 e. The third-order valence-corrected chi connectivity index (χ3v) is 7.76. The molecule has 1 atom stereocenters. The summed E-state index contributed by atoms with van der Waals surface area (Å²) in [6, 6.07) is 44.9. The molecule has 0 bridgehead atoms. The Morgan fingerprint density at radius 3 is 1.67 bits per heavy atom. The van der Waals surface area contributed by atoms with Crippen LogP contribution in [0.5, 0.6) is 0 Å². The number of aryl methyl sites for hydroxylation is 1. The number of nitrogens with two attached hydrogens (primary N) is 1. The summed E-state index contributed by atoms with van der Waals surface area (Å²) in [5.41, 5.74) is 18.6. The summed E-state index contributed by atoms with van der Waals surface area (Å²) in [5.74, 6) is 0.513. The van der Waals surface area contributed by atoms with Gasteiger partial charge in [-0.25, -0.2) is 0 Å². The van der Waals surface area contributed by atoms with Crippen LogP contribution in [0.25, 0.3) is 11.1 Å². The number of hydrogen-bond donors (Lipinski definition) is 1. The summed E-state index contributed by atoms with van der Waals surface area (Å²) in [7, 11) is 0. The molecule has 0 fully saturated rings. The first-order valence-corrected chi connectivity index (χ1v) is 14.6. The van der Waals surface area contributed by atoms with E-state index in [0.717, 1.165) is 34.9 Å². The predicted octanol–water partition coefficient (Wildman–Crippen LogP) is 10.7. The number of rotatable bonds is 7. The van der Waals surface area contributed by atoms with Crippen LogP contribution in [0, 0.1) is 12.8 Å². The summed E-state index contributed by atoms with van der Waals surface area (Å²) < 4.78 is 0. The molecule has 0 spiro atoms. The fraction of sp³-hybridized carbons (Fsp3) is 0.128. The number of hydrogen-bond acceptors (Lipinski definition) is 3. The minimum Gasteiger partial charge on any atom is -0.399 e. The van der Waals surface area contributed by atoms with Crippen molar-refractivity contribution in [2.75, 3.05) is 15.5 Å². The SMILES string of the molecule is CC1=CC(N(c2ccc(-c3ccc(N(c4ccccc4)c4ccc(N)cc4)cc3)cc2)c2cccc(C)c2)=CC(C)C1. The highest BCUT2D eigenvalue weighted by atomic mass is 15.1. The number of anilines is 6. The van der Waals surface area contributed by atoms with Gasteiger partial charge in [0.25, 0.3) is 0 Å². The molecular formula is C39H37N3. The van der Waals surface area contributed by atoms with Gasteiger partial charge in [0.2, 0.25) is 0 Å². The van der Waals surface area contributed by atoms with Gasteiger partial charge in [-0.2, -0.15) is 0 Å². The molecule has 0 radical (unpaired) electrons. The second kappa shape index (κ2) is 11.8. The molecule has 5 aromatic rings. The lowest BCUT2D eigenvalue weighted by Gasteiger charge is -2.30. The Bertz CT molecular complexity index is 1710. The monoisotopic (exact) mass is 547 g/mol. The lowest BCUT2D eigenvalue weighted by atomic mass is 9.94. The predicted molar refractivity (Wildman–Crippen MR) is 180 cm³/mol. The van der Waals surface area contributed by atoms with Gasteiger partial charge in [0.05, 0.1) is 0 Å². The molecule has 6 rings (SSSR count). The van der Waals surface area contributed by atoms with E-state index in [1.165, 1.54) is 33.6 Å². The number of allylic oxidation sites excluding steroid dienone is 3. The van der Waals surface area contributed by atoms with Crippen molar-refractivity contribution in [2.24, 2.45) is 5.92 Å². The molecule has 1 aliphatic carbocycles. The molecule has 3 nitrogen and oxygen atoms in total. The standard InChI is InChI=1S/C39H37N3/c1-28-8-7-11-38(25-28)42(39-26-29(2)24-30(3)27-39)36-20-14-32(15-21-36)31-12-18-35(19-13-31)41(34-9-5-4-6-10-34)37-22-16-33(40)17-23-37/h4-23,25-27,29H,24,40H2,1-3H3. The molecule has 42 heavy (non-hydrogen) atoms. The fourth-order valence-electron chi connectivity index (χ4n) is 5.82. The van der Waals surface area contributed by atoms with Crippen LogP contribution < -0.4 is 15.5 Å². The summed E-state index contributed by atoms with van der Waals surface area (Å²) >= 11 is 0. The average Bonchev–Trinajstić information content (AvgIpc) is 2.99. The number of nitrogens with zero attached hydrogens (tertiary/aromatic N) is 2. The molecule has 0 saturated carbocycles. The molecular weight excluding hydrogens is 510 g/mol. The highest BCUT2D eigenvalue weighted by molar-refractivity contribution is 5.79. The Balaban J connectivity index is 1.32. The first-order chi connectivity index (χ1) is 20.4. The van der Waals surface area contributed by atoms with Crippen molar-refractivity contribution in [2.45, 2.75) is 27.2 Å². The van der Waals surface area contributed by atoms with E-state index in [0.29, 0.717) is 5.92 Å². The highest BCUT2D eigenvalue weighted by Crippen LogP contribution is 2.38.